The Balaban J connectivity index is 1.68. The van der Waals surface area contributed by atoms with Crippen LogP contribution < -0.4 is 0 Å². The lowest BCUT2D eigenvalue weighted by atomic mass is 9.75. The first kappa shape index (κ1) is 18.3. The smallest absolute Gasteiger partial charge is 0.331 e. The SMILES string of the molecule is [C-]#[N+]c1cn2[nH]c(-c3ccccc3)nc2c1C(=O)OC1C(C)CC(C)CC1C. The summed E-state index contributed by atoms with van der Waals surface area (Å²) in [6, 6.07) is 9.68. The maximum Gasteiger partial charge on any atom is 0.331 e. The molecule has 0 radical (unpaired) electrons. The molecule has 1 fully saturated rings. The Hall–Kier alpha value is -3.07. The van der Waals surface area contributed by atoms with Crippen molar-refractivity contribution in [1.29, 1.82) is 0 Å². The molecular formula is C22H24N4O2. The van der Waals surface area contributed by atoms with E-state index < -0.39 is 5.97 Å². The molecule has 0 aliphatic heterocycles. The molecule has 1 saturated carbocycles. The molecule has 28 heavy (non-hydrogen) atoms. The Kier molecular flexibility index (Phi) is 4.68. The fourth-order valence-corrected chi connectivity index (χ4v) is 4.54. The summed E-state index contributed by atoms with van der Waals surface area (Å²) in [5, 5.41) is 3.14. The molecule has 2 atom stereocenters. The van der Waals surface area contributed by atoms with Crippen LogP contribution in [0.4, 0.5) is 5.69 Å². The van der Waals surface area contributed by atoms with Crippen molar-refractivity contribution in [2.45, 2.75) is 39.7 Å². The topological polar surface area (TPSA) is 63.8 Å². The third-order valence-electron chi connectivity index (χ3n) is 5.69. The molecule has 2 aromatic heterocycles. The number of H-pyrrole nitrogens is 1. The molecule has 0 spiro atoms. The Morgan fingerprint density at radius 3 is 2.54 bits per heavy atom. The average Bonchev–Trinajstić information content (AvgIpc) is 3.22. The van der Waals surface area contributed by atoms with Crippen molar-refractivity contribution in [3.8, 4) is 11.4 Å². The predicted molar refractivity (Wildman–Crippen MR) is 107 cm³/mol. The van der Waals surface area contributed by atoms with Crippen LogP contribution in [0.3, 0.4) is 0 Å². The van der Waals surface area contributed by atoms with Gasteiger partial charge in [0.1, 0.15) is 11.7 Å². The molecular weight excluding hydrogens is 352 g/mol. The van der Waals surface area contributed by atoms with Gasteiger partial charge in [0.25, 0.3) is 0 Å². The number of hydrogen-bond donors (Lipinski definition) is 1. The van der Waals surface area contributed by atoms with Gasteiger partial charge in [0.15, 0.2) is 11.5 Å². The van der Waals surface area contributed by atoms with Gasteiger partial charge in [0.05, 0.1) is 6.57 Å². The molecule has 1 aromatic carbocycles. The minimum atomic E-state index is -0.460. The van der Waals surface area contributed by atoms with Gasteiger partial charge in [-0.05, 0) is 30.6 Å². The molecule has 2 heterocycles. The van der Waals surface area contributed by atoms with E-state index in [1.165, 1.54) is 0 Å². The number of carbonyl (C=O) groups is 1. The first-order chi connectivity index (χ1) is 13.5. The lowest BCUT2D eigenvalue weighted by Gasteiger charge is -2.37. The van der Waals surface area contributed by atoms with Crippen molar-refractivity contribution in [1.82, 2.24) is 14.6 Å². The molecule has 4 rings (SSSR count). The maximum absolute atomic E-state index is 13.1. The van der Waals surface area contributed by atoms with Gasteiger partial charge in [0.2, 0.25) is 5.69 Å². The third-order valence-corrected chi connectivity index (χ3v) is 5.69. The Bertz CT molecular complexity index is 1030. The zero-order valence-electron chi connectivity index (χ0n) is 16.3. The summed E-state index contributed by atoms with van der Waals surface area (Å²) in [5.41, 5.74) is 1.84. The Labute approximate surface area is 164 Å². The number of aromatic amines is 1. The van der Waals surface area contributed by atoms with E-state index in [9.17, 15) is 4.79 Å². The van der Waals surface area contributed by atoms with Gasteiger partial charge < -0.3 is 4.74 Å². The highest BCUT2D eigenvalue weighted by Gasteiger charge is 2.35. The van der Waals surface area contributed by atoms with Crippen LogP contribution in [-0.2, 0) is 4.74 Å². The molecule has 1 aliphatic carbocycles. The molecule has 0 saturated heterocycles. The van der Waals surface area contributed by atoms with E-state index in [-0.39, 0.29) is 17.4 Å². The standard InChI is InChI=1S/C22H24N4O2/c1-13-10-14(2)19(15(3)11-13)28-22(27)18-17(23-4)12-26-21(18)24-20(25-26)16-8-6-5-7-9-16/h5-9,12-15,19H,10-11H2,1-3H3,(H,24,25). The van der Waals surface area contributed by atoms with Gasteiger partial charge in [0, 0.05) is 11.8 Å². The minimum Gasteiger partial charge on any atom is -0.459 e. The van der Waals surface area contributed by atoms with Gasteiger partial charge in [-0.15, -0.1) is 0 Å². The molecule has 3 aromatic rings. The van der Waals surface area contributed by atoms with Crippen LogP contribution in [0.15, 0.2) is 36.5 Å². The summed E-state index contributed by atoms with van der Waals surface area (Å²) in [5.74, 6) is 1.43. The first-order valence-corrected chi connectivity index (χ1v) is 9.72. The second-order valence-corrected chi connectivity index (χ2v) is 8.03. The van der Waals surface area contributed by atoms with Crippen molar-refractivity contribution >= 4 is 17.3 Å². The summed E-state index contributed by atoms with van der Waals surface area (Å²) in [7, 11) is 0. The summed E-state index contributed by atoms with van der Waals surface area (Å²) in [4.78, 5) is 21.1. The predicted octanol–water partition coefficient (Wildman–Crippen LogP) is 5.11. The van der Waals surface area contributed by atoms with E-state index in [0.717, 1.165) is 18.4 Å². The number of esters is 1. The molecule has 2 unspecified atom stereocenters. The third kappa shape index (κ3) is 3.18. The number of aromatic nitrogens is 3. The van der Waals surface area contributed by atoms with E-state index >= 15 is 0 Å². The monoisotopic (exact) mass is 376 g/mol. The molecule has 144 valence electrons. The quantitative estimate of drug-likeness (QED) is 0.510. The number of benzene rings is 1. The normalized spacial score (nSPS) is 24.8. The van der Waals surface area contributed by atoms with Crippen LogP contribution in [0.2, 0.25) is 0 Å². The van der Waals surface area contributed by atoms with Crippen LogP contribution in [0, 0.1) is 24.3 Å². The lowest BCUT2D eigenvalue weighted by molar-refractivity contribution is -0.0249. The van der Waals surface area contributed by atoms with E-state index in [0.29, 0.717) is 29.2 Å². The van der Waals surface area contributed by atoms with E-state index in [4.69, 9.17) is 11.3 Å². The van der Waals surface area contributed by atoms with Crippen LogP contribution >= 0.6 is 0 Å². The number of carbonyl (C=O) groups excluding carboxylic acids is 1. The van der Waals surface area contributed by atoms with Crippen molar-refractivity contribution in [2.24, 2.45) is 17.8 Å². The van der Waals surface area contributed by atoms with Gasteiger partial charge in [-0.25, -0.2) is 14.6 Å². The number of hydrogen-bond acceptors (Lipinski definition) is 3. The molecule has 6 nitrogen and oxygen atoms in total. The molecule has 6 heteroatoms. The van der Waals surface area contributed by atoms with E-state index in [2.05, 4.69) is 35.7 Å². The van der Waals surface area contributed by atoms with Crippen molar-refractivity contribution in [2.75, 3.05) is 0 Å². The second kappa shape index (κ2) is 7.16. The highest BCUT2D eigenvalue weighted by Crippen LogP contribution is 2.36. The Morgan fingerprint density at radius 1 is 1.21 bits per heavy atom. The van der Waals surface area contributed by atoms with Gasteiger partial charge in [-0.3, -0.25) is 9.61 Å². The molecule has 0 bridgehead atoms. The lowest BCUT2D eigenvalue weighted by Crippen LogP contribution is -2.37. The average molecular weight is 376 g/mol. The summed E-state index contributed by atoms with van der Waals surface area (Å²) < 4.78 is 7.55. The van der Waals surface area contributed by atoms with E-state index in [1.807, 2.05) is 30.3 Å². The fraction of sp³-hybridized carbons (Fsp3) is 0.409. The van der Waals surface area contributed by atoms with Crippen LogP contribution in [0.1, 0.15) is 44.0 Å². The van der Waals surface area contributed by atoms with Gasteiger partial charge in [-0.1, -0.05) is 51.1 Å². The van der Waals surface area contributed by atoms with Crippen LogP contribution in [-0.4, -0.2) is 26.7 Å². The van der Waals surface area contributed by atoms with Gasteiger partial charge in [-0.2, -0.15) is 0 Å². The summed E-state index contributed by atoms with van der Waals surface area (Å²) in [6.07, 6.45) is 3.56. The summed E-state index contributed by atoms with van der Waals surface area (Å²) >= 11 is 0. The second-order valence-electron chi connectivity index (χ2n) is 8.03. The van der Waals surface area contributed by atoms with Crippen LogP contribution in [0.25, 0.3) is 21.9 Å². The molecule has 1 N–H and O–H groups in total. The minimum absolute atomic E-state index is 0.134. The highest BCUT2D eigenvalue weighted by atomic mass is 16.5. The number of ether oxygens (including phenoxy) is 1. The van der Waals surface area contributed by atoms with Crippen LogP contribution in [0.5, 0.6) is 0 Å². The number of rotatable bonds is 3. The Morgan fingerprint density at radius 2 is 1.89 bits per heavy atom. The zero-order chi connectivity index (χ0) is 19.8. The number of fused-ring (bicyclic) bond motifs is 1. The number of nitrogens with zero attached hydrogens (tertiary/aromatic N) is 3. The molecule has 0 amide bonds. The highest BCUT2D eigenvalue weighted by molar-refractivity contribution is 6.03. The first-order valence-electron chi connectivity index (χ1n) is 9.72. The van der Waals surface area contributed by atoms with Crippen molar-refractivity contribution in [3.05, 3.63) is 53.5 Å². The van der Waals surface area contributed by atoms with E-state index in [1.54, 1.807) is 10.7 Å². The van der Waals surface area contributed by atoms with Crippen molar-refractivity contribution in [3.63, 3.8) is 0 Å². The maximum atomic E-state index is 13.1. The largest absolute Gasteiger partial charge is 0.459 e. The van der Waals surface area contributed by atoms with Crippen molar-refractivity contribution < 1.29 is 9.53 Å². The number of nitrogens with one attached hydrogen (secondary N) is 1. The fourth-order valence-electron chi connectivity index (χ4n) is 4.54. The zero-order valence-corrected chi connectivity index (χ0v) is 16.3. The van der Waals surface area contributed by atoms with Gasteiger partial charge >= 0.3 is 5.97 Å². The summed E-state index contributed by atoms with van der Waals surface area (Å²) in [6.45, 7) is 14.0. The molecule has 1 aliphatic rings.